The molecule has 5 heteroatoms. The maximum Gasteiger partial charge on any atom is 0.333 e. The van der Waals surface area contributed by atoms with Crippen molar-refractivity contribution in [3.05, 3.63) is 66.2 Å². The average Bonchev–Trinajstić information content (AvgIpc) is 2.74. The van der Waals surface area contributed by atoms with Gasteiger partial charge in [-0.2, -0.15) is 0 Å². The van der Waals surface area contributed by atoms with Gasteiger partial charge in [0.25, 0.3) is 0 Å². The largest absolute Gasteiger partial charge is 0.494 e. The summed E-state index contributed by atoms with van der Waals surface area (Å²) in [5, 5.41) is 8.76. The molecule has 0 saturated carbocycles. The lowest BCUT2D eigenvalue weighted by molar-refractivity contribution is -0.139. The number of hydrogen-bond donors (Lipinski definition) is 1. The van der Waals surface area contributed by atoms with E-state index in [-0.39, 0.29) is 12.4 Å². The zero-order valence-electron chi connectivity index (χ0n) is 17.6. The quantitative estimate of drug-likeness (QED) is 0.271. The van der Waals surface area contributed by atoms with Crippen LogP contribution in [0.4, 0.5) is 0 Å². The zero-order chi connectivity index (χ0) is 21.8. The fraction of sp³-hybridized carbons (Fsp3) is 0.360. The average molecular weight is 411 g/mol. The van der Waals surface area contributed by atoms with Crippen LogP contribution in [0.1, 0.15) is 44.6 Å². The van der Waals surface area contributed by atoms with Gasteiger partial charge in [-0.3, -0.25) is 4.79 Å². The predicted octanol–water partition coefficient (Wildman–Crippen LogP) is 5.43. The number of carboxylic acids is 1. The number of carbonyl (C=O) groups is 2. The highest BCUT2D eigenvalue weighted by molar-refractivity contribution is 5.86. The molecular weight excluding hydrogens is 380 g/mol. The normalized spacial score (nSPS) is 10.4. The second kappa shape index (κ2) is 12.5. The van der Waals surface area contributed by atoms with E-state index in [2.05, 4.69) is 6.58 Å². The summed E-state index contributed by atoms with van der Waals surface area (Å²) in [6.45, 7) is 6.29. The Hall–Kier alpha value is -3.08. The molecule has 0 fully saturated rings. The summed E-state index contributed by atoms with van der Waals surface area (Å²) in [4.78, 5) is 21.9. The fourth-order valence-electron chi connectivity index (χ4n) is 2.89. The van der Waals surface area contributed by atoms with Crippen LogP contribution in [0.15, 0.2) is 60.7 Å². The van der Waals surface area contributed by atoms with E-state index in [0.717, 1.165) is 48.1 Å². The topological polar surface area (TPSA) is 72.8 Å². The molecule has 1 N–H and O–H groups in total. The van der Waals surface area contributed by atoms with E-state index >= 15 is 0 Å². The minimum absolute atomic E-state index is 0.147. The Morgan fingerprint density at radius 2 is 1.43 bits per heavy atom. The third kappa shape index (κ3) is 8.52. The molecule has 0 saturated heterocycles. The Balaban J connectivity index is 1.65. The maximum atomic E-state index is 11.3. The first-order valence-corrected chi connectivity index (χ1v) is 10.3. The van der Waals surface area contributed by atoms with Crippen molar-refractivity contribution in [2.45, 2.75) is 45.4 Å². The molecule has 0 amide bonds. The van der Waals surface area contributed by atoms with Crippen LogP contribution in [0.25, 0.3) is 11.1 Å². The van der Waals surface area contributed by atoms with Gasteiger partial charge in [0, 0.05) is 12.0 Å². The van der Waals surface area contributed by atoms with Gasteiger partial charge in [0.15, 0.2) is 0 Å². The molecular formula is C25H30O5. The summed E-state index contributed by atoms with van der Waals surface area (Å²) < 4.78 is 10.9. The van der Waals surface area contributed by atoms with Crippen molar-refractivity contribution in [3.63, 3.8) is 0 Å². The van der Waals surface area contributed by atoms with E-state index in [4.69, 9.17) is 14.6 Å². The molecule has 5 nitrogen and oxygen atoms in total. The van der Waals surface area contributed by atoms with E-state index in [1.54, 1.807) is 6.92 Å². The summed E-state index contributed by atoms with van der Waals surface area (Å²) in [7, 11) is 0. The summed E-state index contributed by atoms with van der Waals surface area (Å²) >= 11 is 0. The van der Waals surface area contributed by atoms with Crippen LogP contribution in [0.3, 0.4) is 0 Å². The molecule has 0 aromatic heterocycles. The van der Waals surface area contributed by atoms with E-state index in [1.165, 1.54) is 0 Å². The molecule has 0 spiro atoms. The first kappa shape index (κ1) is 23.2. The van der Waals surface area contributed by atoms with Gasteiger partial charge in [-0.1, -0.05) is 43.0 Å². The minimum Gasteiger partial charge on any atom is -0.494 e. The van der Waals surface area contributed by atoms with Crippen molar-refractivity contribution in [3.8, 4) is 16.9 Å². The van der Waals surface area contributed by atoms with Gasteiger partial charge in [-0.15, -0.1) is 0 Å². The number of carbonyl (C=O) groups excluding carboxylic acids is 1. The number of ether oxygens (including phenoxy) is 2. The van der Waals surface area contributed by atoms with Gasteiger partial charge < -0.3 is 14.6 Å². The molecule has 0 aliphatic carbocycles. The number of aliphatic carboxylic acids is 1. The number of benzene rings is 2. The standard InChI is InChI=1S/C25H30O5/c1-19(2)25(28)30-18-6-4-3-5-17-29-23-14-12-22(13-15-23)21-10-7-20(8-11-21)9-16-24(26)27/h7-8,10-15H,1,3-6,9,16-18H2,2H3,(H,26,27). The van der Waals surface area contributed by atoms with E-state index < -0.39 is 5.97 Å². The third-order valence-corrected chi connectivity index (χ3v) is 4.66. The first-order chi connectivity index (χ1) is 14.5. The Labute approximate surface area is 178 Å². The molecule has 160 valence electrons. The number of carboxylic acid groups (broad SMARTS) is 1. The molecule has 0 radical (unpaired) electrons. The molecule has 0 bridgehead atoms. The van der Waals surface area contributed by atoms with Crippen LogP contribution in [-0.4, -0.2) is 30.3 Å². The van der Waals surface area contributed by atoms with Gasteiger partial charge >= 0.3 is 11.9 Å². The van der Waals surface area contributed by atoms with Crippen molar-refractivity contribution in [1.82, 2.24) is 0 Å². The Kier molecular flexibility index (Phi) is 9.65. The highest BCUT2D eigenvalue weighted by atomic mass is 16.5. The van der Waals surface area contributed by atoms with Gasteiger partial charge in [-0.25, -0.2) is 4.79 Å². The van der Waals surface area contributed by atoms with Gasteiger partial charge in [0.2, 0.25) is 0 Å². The van der Waals surface area contributed by atoms with Crippen molar-refractivity contribution in [2.75, 3.05) is 13.2 Å². The maximum absolute atomic E-state index is 11.3. The molecule has 0 heterocycles. The SMILES string of the molecule is C=C(C)C(=O)OCCCCCCOc1ccc(-c2ccc(CCC(=O)O)cc2)cc1. The smallest absolute Gasteiger partial charge is 0.333 e. The van der Waals surface area contributed by atoms with Crippen LogP contribution in [0, 0.1) is 0 Å². The van der Waals surface area contributed by atoms with Crippen molar-refractivity contribution in [2.24, 2.45) is 0 Å². The second-order valence-electron chi connectivity index (χ2n) is 7.29. The number of esters is 1. The number of unbranched alkanes of at least 4 members (excludes halogenated alkanes) is 3. The molecule has 0 aliphatic rings. The summed E-state index contributed by atoms with van der Waals surface area (Å²) in [6.07, 6.45) is 4.51. The van der Waals surface area contributed by atoms with E-state index in [0.29, 0.717) is 25.2 Å². The molecule has 0 aliphatic heterocycles. The lowest BCUT2D eigenvalue weighted by Gasteiger charge is -2.08. The fourth-order valence-corrected chi connectivity index (χ4v) is 2.89. The van der Waals surface area contributed by atoms with Crippen LogP contribution in [-0.2, 0) is 20.7 Å². The van der Waals surface area contributed by atoms with Crippen LogP contribution < -0.4 is 4.74 Å². The molecule has 2 rings (SSSR count). The number of hydrogen-bond acceptors (Lipinski definition) is 4. The van der Waals surface area contributed by atoms with Crippen molar-refractivity contribution in [1.29, 1.82) is 0 Å². The van der Waals surface area contributed by atoms with Crippen molar-refractivity contribution >= 4 is 11.9 Å². The molecule has 2 aromatic rings. The van der Waals surface area contributed by atoms with Crippen LogP contribution in [0.5, 0.6) is 5.75 Å². The molecule has 30 heavy (non-hydrogen) atoms. The Bertz CT molecular complexity index is 822. The second-order valence-corrected chi connectivity index (χ2v) is 7.29. The predicted molar refractivity (Wildman–Crippen MR) is 118 cm³/mol. The van der Waals surface area contributed by atoms with Crippen molar-refractivity contribution < 1.29 is 24.2 Å². The van der Waals surface area contributed by atoms with Gasteiger partial charge in [-0.05, 0) is 67.9 Å². The summed E-state index contributed by atoms with van der Waals surface area (Å²) in [5.74, 6) is -0.262. The van der Waals surface area contributed by atoms with Gasteiger partial charge in [0.05, 0.1) is 13.2 Å². The van der Waals surface area contributed by atoms with Gasteiger partial charge in [0.1, 0.15) is 5.75 Å². The molecule has 0 atom stereocenters. The summed E-state index contributed by atoms with van der Waals surface area (Å²) in [6, 6.07) is 16.0. The van der Waals surface area contributed by atoms with Crippen LogP contribution in [0.2, 0.25) is 0 Å². The van der Waals surface area contributed by atoms with E-state index in [1.807, 2.05) is 48.5 Å². The third-order valence-electron chi connectivity index (χ3n) is 4.66. The number of aryl methyl sites for hydroxylation is 1. The molecule has 0 unspecified atom stereocenters. The highest BCUT2D eigenvalue weighted by Gasteiger charge is 2.03. The number of rotatable bonds is 13. The van der Waals surface area contributed by atoms with Crippen LogP contribution >= 0.6 is 0 Å². The lowest BCUT2D eigenvalue weighted by atomic mass is 10.0. The Morgan fingerprint density at radius 3 is 2.00 bits per heavy atom. The highest BCUT2D eigenvalue weighted by Crippen LogP contribution is 2.23. The first-order valence-electron chi connectivity index (χ1n) is 10.3. The summed E-state index contributed by atoms with van der Waals surface area (Å²) in [5.41, 5.74) is 3.64. The minimum atomic E-state index is -0.779. The Morgan fingerprint density at radius 1 is 0.867 bits per heavy atom. The monoisotopic (exact) mass is 410 g/mol. The lowest BCUT2D eigenvalue weighted by Crippen LogP contribution is -2.06. The molecule has 2 aromatic carbocycles. The van der Waals surface area contributed by atoms with E-state index in [9.17, 15) is 9.59 Å². The zero-order valence-corrected chi connectivity index (χ0v) is 17.6.